The van der Waals surface area contributed by atoms with Crippen molar-refractivity contribution in [2.24, 2.45) is 5.41 Å². The third-order valence-corrected chi connectivity index (χ3v) is 4.09. The van der Waals surface area contributed by atoms with Crippen molar-refractivity contribution < 1.29 is 9.53 Å². The zero-order chi connectivity index (χ0) is 15.5. The number of carbonyl (C=O) groups is 1. The van der Waals surface area contributed by atoms with Gasteiger partial charge in [-0.05, 0) is 32.1 Å². The summed E-state index contributed by atoms with van der Waals surface area (Å²) in [5.74, 6) is 0.429. The Morgan fingerprint density at radius 2 is 2.05 bits per heavy atom. The Morgan fingerprint density at radius 3 is 2.67 bits per heavy atom. The Hall–Kier alpha value is -1.69. The number of carbonyl (C=O) groups excluding carboxylic acids is 1. The van der Waals surface area contributed by atoms with E-state index in [1.54, 1.807) is 13.8 Å². The summed E-state index contributed by atoms with van der Waals surface area (Å²) in [6.45, 7) is 7.74. The third-order valence-electron chi connectivity index (χ3n) is 4.09. The van der Waals surface area contributed by atoms with Crippen molar-refractivity contribution in [3.63, 3.8) is 0 Å². The number of aryl methyl sites for hydroxylation is 2. The van der Waals surface area contributed by atoms with Crippen LogP contribution in [-0.4, -0.2) is 35.6 Å². The molecule has 0 unspecified atom stereocenters. The molecule has 2 heterocycles. The quantitative estimate of drug-likeness (QED) is 0.862. The summed E-state index contributed by atoms with van der Waals surface area (Å²) in [5.41, 5.74) is 0.910. The Bertz CT molecular complexity index is 574. The van der Waals surface area contributed by atoms with Crippen LogP contribution in [0.25, 0.3) is 0 Å². The molecule has 1 fully saturated rings. The number of H-pyrrole nitrogens is 1. The van der Waals surface area contributed by atoms with E-state index < -0.39 is 0 Å². The lowest BCUT2D eigenvalue weighted by Gasteiger charge is -2.33. The first kappa shape index (κ1) is 15.7. The van der Waals surface area contributed by atoms with Gasteiger partial charge in [0.25, 0.3) is 5.56 Å². The molecule has 6 heteroatoms. The van der Waals surface area contributed by atoms with Gasteiger partial charge in [-0.15, -0.1) is 0 Å². The predicted molar refractivity (Wildman–Crippen MR) is 79.2 cm³/mol. The molecule has 2 rings (SSSR count). The van der Waals surface area contributed by atoms with Gasteiger partial charge < -0.3 is 15.0 Å². The Morgan fingerprint density at radius 1 is 1.38 bits per heavy atom. The fraction of sp³-hybridized carbons (Fsp3) is 0.667. The van der Waals surface area contributed by atoms with Crippen LogP contribution in [0.2, 0.25) is 0 Å². The van der Waals surface area contributed by atoms with Crippen LogP contribution >= 0.6 is 0 Å². The van der Waals surface area contributed by atoms with E-state index in [0.717, 1.165) is 26.1 Å². The molecule has 1 amide bonds. The highest BCUT2D eigenvalue weighted by atomic mass is 16.5. The maximum absolute atomic E-state index is 12.1. The number of hydrogen-bond acceptors (Lipinski definition) is 4. The Balaban J connectivity index is 1.95. The molecular weight excluding hydrogens is 270 g/mol. The number of hydrogen-bond donors (Lipinski definition) is 2. The Kier molecular flexibility index (Phi) is 4.77. The molecule has 1 aromatic rings. The van der Waals surface area contributed by atoms with Crippen LogP contribution in [-0.2, 0) is 16.0 Å². The van der Waals surface area contributed by atoms with Crippen molar-refractivity contribution in [3.8, 4) is 0 Å². The molecule has 1 aromatic heterocycles. The van der Waals surface area contributed by atoms with Crippen molar-refractivity contribution in [2.45, 2.75) is 40.0 Å². The van der Waals surface area contributed by atoms with Crippen molar-refractivity contribution in [3.05, 3.63) is 27.4 Å². The first-order valence-corrected chi connectivity index (χ1v) is 7.30. The smallest absolute Gasteiger partial charge is 0.254 e. The lowest BCUT2D eigenvalue weighted by Crippen LogP contribution is -2.40. The lowest BCUT2D eigenvalue weighted by molar-refractivity contribution is -0.121. The highest BCUT2D eigenvalue weighted by molar-refractivity contribution is 5.78. The van der Waals surface area contributed by atoms with E-state index in [0.29, 0.717) is 23.6 Å². The van der Waals surface area contributed by atoms with E-state index in [1.807, 2.05) is 0 Å². The predicted octanol–water partition coefficient (Wildman–Crippen LogP) is 0.862. The van der Waals surface area contributed by atoms with Gasteiger partial charge >= 0.3 is 0 Å². The number of ether oxygens (including phenoxy) is 1. The van der Waals surface area contributed by atoms with Crippen LogP contribution in [0.5, 0.6) is 0 Å². The van der Waals surface area contributed by atoms with Crippen LogP contribution in [0, 0.1) is 19.3 Å². The SMILES string of the molecule is Cc1nc(C)c(CC(=O)NCC2(C)CCOCC2)c(=O)[nH]1. The minimum absolute atomic E-state index is 0.0705. The second kappa shape index (κ2) is 6.39. The minimum Gasteiger partial charge on any atom is -0.381 e. The molecule has 0 aliphatic carbocycles. The molecule has 116 valence electrons. The molecule has 0 spiro atoms. The van der Waals surface area contributed by atoms with Gasteiger partial charge in [0.05, 0.1) is 6.42 Å². The molecule has 0 bridgehead atoms. The normalized spacial score (nSPS) is 17.5. The number of amides is 1. The molecular formula is C15H23N3O3. The van der Waals surface area contributed by atoms with Crippen molar-refractivity contribution in [1.29, 1.82) is 0 Å². The average Bonchev–Trinajstić information content (AvgIpc) is 2.41. The van der Waals surface area contributed by atoms with Crippen LogP contribution in [0.3, 0.4) is 0 Å². The molecule has 1 aliphatic heterocycles. The highest BCUT2D eigenvalue weighted by Gasteiger charge is 2.27. The van der Waals surface area contributed by atoms with E-state index in [9.17, 15) is 9.59 Å². The standard InChI is InChI=1S/C15H23N3O3/c1-10-12(14(20)18-11(2)17-10)8-13(19)16-9-15(3)4-6-21-7-5-15/h4-9H2,1-3H3,(H,16,19)(H,17,18,20). The molecule has 0 radical (unpaired) electrons. The van der Waals surface area contributed by atoms with Crippen molar-refractivity contribution in [2.75, 3.05) is 19.8 Å². The largest absolute Gasteiger partial charge is 0.381 e. The summed E-state index contributed by atoms with van der Waals surface area (Å²) >= 11 is 0. The topological polar surface area (TPSA) is 84.1 Å². The van der Waals surface area contributed by atoms with Crippen LogP contribution < -0.4 is 10.9 Å². The zero-order valence-corrected chi connectivity index (χ0v) is 12.9. The number of nitrogens with zero attached hydrogens (tertiary/aromatic N) is 1. The molecule has 0 atom stereocenters. The first-order chi connectivity index (χ1) is 9.89. The van der Waals surface area contributed by atoms with Gasteiger partial charge in [0.2, 0.25) is 5.91 Å². The number of rotatable bonds is 4. The van der Waals surface area contributed by atoms with Crippen molar-refractivity contribution >= 4 is 5.91 Å². The van der Waals surface area contributed by atoms with E-state index in [2.05, 4.69) is 22.2 Å². The van der Waals surface area contributed by atoms with Gasteiger partial charge in [0.15, 0.2) is 0 Å². The zero-order valence-electron chi connectivity index (χ0n) is 12.9. The summed E-state index contributed by atoms with van der Waals surface area (Å²) in [5, 5.41) is 2.94. The van der Waals surface area contributed by atoms with Crippen LogP contribution in [0.15, 0.2) is 4.79 Å². The molecule has 2 N–H and O–H groups in total. The van der Waals surface area contributed by atoms with Gasteiger partial charge in [0.1, 0.15) is 5.82 Å². The minimum atomic E-state index is -0.229. The van der Waals surface area contributed by atoms with Gasteiger partial charge in [-0.1, -0.05) is 6.92 Å². The summed E-state index contributed by atoms with van der Waals surface area (Å²) in [6, 6.07) is 0. The molecule has 6 nitrogen and oxygen atoms in total. The van der Waals surface area contributed by atoms with Crippen LogP contribution in [0.4, 0.5) is 0 Å². The number of aromatic amines is 1. The van der Waals surface area contributed by atoms with E-state index >= 15 is 0 Å². The second-order valence-corrected chi connectivity index (χ2v) is 6.09. The fourth-order valence-electron chi connectivity index (χ4n) is 2.54. The van der Waals surface area contributed by atoms with Gasteiger partial charge in [0, 0.05) is 31.0 Å². The van der Waals surface area contributed by atoms with E-state index in [-0.39, 0.29) is 23.3 Å². The van der Waals surface area contributed by atoms with Crippen molar-refractivity contribution in [1.82, 2.24) is 15.3 Å². The highest BCUT2D eigenvalue weighted by Crippen LogP contribution is 2.28. The Labute approximate surface area is 124 Å². The lowest BCUT2D eigenvalue weighted by atomic mass is 9.82. The van der Waals surface area contributed by atoms with E-state index in [1.165, 1.54) is 0 Å². The summed E-state index contributed by atoms with van der Waals surface area (Å²) in [7, 11) is 0. The fourth-order valence-corrected chi connectivity index (χ4v) is 2.54. The third kappa shape index (κ3) is 4.14. The molecule has 21 heavy (non-hydrogen) atoms. The molecule has 0 aromatic carbocycles. The van der Waals surface area contributed by atoms with Crippen LogP contribution in [0.1, 0.15) is 36.8 Å². The summed E-state index contributed by atoms with van der Waals surface area (Å²) in [6.07, 6.45) is 1.96. The monoisotopic (exact) mass is 293 g/mol. The number of aromatic nitrogens is 2. The van der Waals surface area contributed by atoms with E-state index in [4.69, 9.17) is 4.74 Å². The number of nitrogens with one attached hydrogen (secondary N) is 2. The molecule has 0 saturated carbocycles. The molecule has 1 saturated heterocycles. The average molecular weight is 293 g/mol. The van der Waals surface area contributed by atoms with Gasteiger partial charge in [-0.3, -0.25) is 9.59 Å². The summed E-state index contributed by atoms with van der Waals surface area (Å²) < 4.78 is 5.34. The van der Waals surface area contributed by atoms with Gasteiger partial charge in [-0.25, -0.2) is 4.98 Å². The second-order valence-electron chi connectivity index (χ2n) is 6.09. The maximum Gasteiger partial charge on any atom is 0.254 e. The van der Waals surface area contributed by atoms with Gasteiger partial charge in [-0.2, -0.15) is 0 Å². The summed E-state index contributed by atoms with van der Waals surface area (Å²) in [4.78, 5) is 30.8. The molecule has 1 aliphatic rings. The first-order valence-electron chi connectivity index (χ1n) is 7.30. The maximum atomic E-state index is 12.1.